The zero-order valence-electron chi connectivity index (χ0n) is 19.3. The number of aromatic nitrogens is 1. The van der Waals surface area contributed by atoms with Crippen LogP contribution in [0.25, 0.3) is 0 Å². The highest BCUT2D eigenvalue weighted by molar-refractivity contribution is 6.00. The Morgan fingerprint density at radius 1 is 1.03 bits per heavy atom. The summed E-state index contributed by atoms with van der Waals surface area (Å²) in [6.07, 6.45) is -12.8. The van der Waals surface area contributed by atoms with Crippen LogP contribution in [0.15, 0.2) is 6.07 Å². The molecule has 1 amide bonds. The van der Waals surface area contributed by atoms with Crippen molar-refractivity contribution in [3.8, 4) is 0 Å². The summed E-state index contributed by atoms with van der Waals surface area (Å²) < 4.78 is 104. The number of amides is 1. The summed E-state index contributed by atoms with van der Waals surface area (Å²) in [4.78, 5) is 29.0. The van der Waals surface area contributed by atoms with Crippen LogP contribution in [-0.2, 0) is 0 Å². The average Bonchev–Trinajstić information content (AvgIpc) is 2.81. The van der Waals surface area contributed by atoms with Gasteiger partial charge in [-0.05, 0) is 38.5 Å². The van der Waals surface area contributed by atoms with Crippen molar-refractivity contribution in [1.29, 1.82) is 0 Å². The van der Waals surface area contributed by atoms with Gasteiger partial charge < -0.3 is 15.5 Å². The molecule has 0 radical (unpaired) electrons. The minimum atomic E-state index is -4.44. The predicted octanol–water partition coefficient (Wildman–Crippen LogP) is 5.30. The summed E-state index contributed by atoms with van der Waals surface area (Å²) in [7, 11) is 0. The summed E-state index contributed by atoms with van der Waals surface area (Å²) in [6, 6.07) is 0.133. The van der Waals surface area contributed by atoms with Crippen molar-refractivity contribution in [2.75, 3.05) is 29.9 Å². The summed E-state index contributed by atoms with van der Waals surface area (Å²) in [5.41, 5.74) is -1.18. The third kappa shape index (κ3) is 7.31. The van der Waals surface area contributed by atoms with E-state index in [0.717, 1.165) is 6.07 Å². The van der Waals surface area contributed by atoms with Crippen molar-refractivity contribution in [3.63, 3.8) is 0 Å². The summed E-state index contributed by atoms with van der Waals surface area (Å²) >= 11 is 0. The fraction of sp³-hybridized carbons (Fsp3) is 0.714. The number of pyridine rings is 1. The Balaban J connectivity index is 1.88. The molecule has 0 atom stereocenters. The third-order valence-electron chi connectivity index (χ3n) is 6.63. The number of piperidine rings is 1. The molecule has 0 spiro atoms. The van der Waals surface area contributed by atoms with E-state index in [1.165, 1.54) is 4.90 Å². The Kier molecular flexibility index (Phi) is 8.67. The van der Waals surface area contributed by atoms with Crippen LogP contribution in [0.3, 0.4) is 0 Å². The van der Waals surface area contributed by atoms with Crippen LogP contribution >= 0.6 is 0 Å². The second kappa shape index (κ2) is 11.2. The van der Waals surface area contributed by atoms with Crippen molar-refractivity contribution >= 4 is 23.2 Å². The van der Waals surface area contributed by atoms with E-state index < -0.39 is 65.5 Å². The molecular weight excluding hydrogens is 522 g/mol. The van der Waals surface area contributed by atoms with Gasteiger partial charge in [0.1, 0.15) is 5.82 Å². The normalized spacial score (nSPS) is 21.7. The maximum absolute atomic E-state index is 13.1. The number of nitrogens with one attached hydrogen (secondary N) is 2. The number of nitrogens with zero attached hydrogens (tertiary/aromatic N) is 3. The summed E-state index contributed by atoms with van der Waals surface area (Å²) in [5.74, 6) is -4.82. The van der Waals surface area contributed by atoms with Crippen LogP contribution in [0.1, 0.15) is 48.9 Å². The van der Waals surface area contributed by atoms with E-state index in [9.17, 15) is 50.0 Å². The number of halogens is 8. The highest BCUT2D eigenvalue weighted by Crippen LogP contribution is 2.39. The smallest absolute Gasteiger partial charge is 0.359 e. The van der Waals surface area contributed by atoms with Gasteiger partial charge >= 0.3 is 18.0 Å². The van der Waals surface area contributed by atoms with Crippen LogP contribution < -0.4 is 15.5 Å². The Bertz CT molecular complexity index is 972. The van der Waals surface area contributed by atoms with Crippen LogP contribution in [-0.4, -0.2) is 60.3 Å². The minimum Gasteiger partial charge on any atom is -0.359 e. The van der Waals surface area contributed by atoms with E-state index >= 15 is 0 Å². The Morgan fingerprint density at radius 2 is 1.57 bits per heavy atom. The lowest BCUT2D eigenvalue weighted by Crippen LogP contribution is -2.42. The van der Waals surface area contributed by atoms with Gasteiger partial charge in [-0.1, -0.05) is 0 Å². The lowest BCUT2D eigenvalue weighted by molar-refractivity contribution is -0.384. The highest BCUT2D eigenvalue weighted by Gasteiger charge is 2.43. The molecule has 16 heteroatoms. The Hall–Kier alpha value is -2.94. The number of carbonyl (C=O) groups excluding carboxylic acids is 1. The SMILES string of the molecule is O=C(NC1CCC(C(F)(F)F)CC1)c1cc([N+](=O)[O-])c(NCC(F)F)nc1N1CCC(C(F)(F)F)CC1. The fourth-order valence-electron chi connectivity index (χ4n) is 4.59. The van der Waals surface area contributed by atoms with Gasteiger partial charge in [-0.15, -0.1) is 0 Å². The Morgan fingerprint density at radius 3 is 2.05 bits per heavy atom. The van der Waals surface area contributed by atoms with Gasteiger partial charge in [-0.2, -0.15) is 26.3 Å². The molecule has 8 nitrogen and oxygen atoms in total. The second-order valence-corrected chi connectivity index (χ2v) is 9.12. The number of alkyl halides is 8. The largest absolute Gasteiger partial charge is 0.391 e. The fourth-order valence-corrected chi connectivity index (χ4v) is 4.59. The molecule has 0 bridgehead atoms. The van der Waals surface area contributed by atoms with Crippen molar-refractivity contribution < 1.29 is 44.8 Å². The van der Waals surface area contributed by atoms with Crippen LogP contribution in [0.4, 0.5) is 52.4 Å². The Labute approximate surface area is 205 Å². The van der Waals surface area contributed by atoms with Crippen molar-refractivity contribution in [1.82, 2.24) is 10.3 Å². The molecule has 1 aliphatic heterocycles. The number of rotatable bonds is 7. The second-order valence-electron chi connectivity index (χ2n) is 9.12. The first-order valence-electron chi connectivity index (χ1n) is 11.6. The number of hydrogen-bond donors (Lipinski definition) is 2. The van der Waals surface area contributed by atoms with Gasteiger partial charge in [0.15, 0.2) is 0 Å². The molecule has 1 aromatic rings. The first kappa shape index (κ1) is 28.6. The standard InChI is InChI=1S/C21H25F8N5O3/c22-16(23)10-30-17-15(34(36)37)9-14(18(32-17)33-7-5-12(6-8-33)21(27,28)29)19(35)31-13-3-1-11(2-4-13)20(24,25)26/h9,11-13,16H,1-8,10H2,(H,30,32)(H,31,35). The van der Waals surface area contributed by atoms with Gasteiger partial charge in [-0.25, -0.2) is 13.8 Å². The van der Waals surface area contributed by atoms with Crippen LogP contribution in [0.5, 0.6) is 0 Å². The molecule has 37 heavy (non-hydrogen) atoms. The quantitative estimate of drug-likeness (QED) is 0.273. The monoisotopic (exact) mass is 547 g/mol. The summed E-state index contributed by atoms with van der Waals surface area (Å²) in [5, 5.41) is 16.2. The molecule has 0 aromatic carbocycles. The van der Waals surface area contributed by atoms with Gasteiger partial charge in [0.05, 0.1) is 28.9 Å². The molecule has 2 fully saturated rings. The van der Waals surface area contributed by atoms with Crippen LogP contribution in [0.2, 0.25) is 0 Å². The molecule has 1 aromatic heterocycles. The number of carbonyl (C=O) groups is 1. The van der Waals surface area contributed by atoms with E-state index in [1.54, 1.807) is 0 Å². The number of hydrogen-bond acceptors (Lipinski definition) is 6. The van der Waals surface area contributed by atoms with E-state index in [0.29, 0.717) is 0 Å². The third-order valence-corrected chi connectivity index (χ3v) is 6.63. The molecule has 3 rings (SSSR count). The van der Waals surface area contributed by atoms with Gasteiger partial charge in [0.25, 0.3) is 12.3 Å². The molecule has 1 saturated heterocycles. The van der Waals surface area contributed by atoms with E-state index in [-0.39, 0.29) is 63.0 Å². The summed E-state index contributed by atoms with van der Waals surface area (Å²) in [6.45, 7) is -1.42. The minimum absolute atomic E-state index is 0.00573. The lowest BCUT2D eigenvalue weighted by Gasteiger charge is -2.35. The first-order chi connectivity index (χ1) is 17.2. The lowest BCUT2D eigenvalue weighted by atomic mass is 9.85. The number of anilines is 2. The van der Waals surface area contributed by atoms with E-state index in [2.05, 4.69) is 15.6 Å². The zero-order chi connectivity index (χ0) is 27.5. The predicted molar refractivity (Wildman–Crippen MR) is 116 cm³/mol. The van der Waals surface area contributed by atoms with Crippen molar-refractivity contribution in [3.05, 3.63) is 21.7 Å². The maximum Gasteiger partial charge on any atom is 0.391 e. The molecular formula is C21H25F8N5O3. The van der Waals surface area contributed by atoms with Gasteiger partial charge in [0, 0.05) is 25.2 Å². The molecule has 208 valence electrons. The number of nitro groups is 1. The van der Waals surface area contributed by atoms with Crippen molar-refractivity contribution in [2.45, 2.75) is 63.3 Å². The molecule has 2 aliphatic rings. The van der Waals surface area contributed by atoms with Crippen molar-refractivity contribution in [2.24, 2.45) is 11.8 Å². The zero-order valence-corrected chi connectivity index (χ0v) is 19.3. The molecule has 1 aliphatic carbocycles. The average molecular weight is 547 g/mol. The van der Waals surface area contributed by atoms with E-state index in [1.807, 2.05) is 0 Å². The van der Waals surface area contributed by atoms with Gasteiger partial charge in [-0.3, -0.25) is 14.9 Å². The molecule has 2 heterocycles. The maximum atomic E-state index is 13.1. The van der Waals surface area contributed by atoms with Gasteiger partial charge in [0.2, 0.25) is 5.82 Å². The van der Waals surface area contributed by atoms with E-state index in [4.69, 9.17) is 0 Å². The molecule has 0 unspecified atom stereocenters. The molecule has 1 saturated carbocycles. The molecule has 2 N–H and O–H groups in total. The highest BCUT2D eigenvalue weighted by atomic mass is 19.4. The topological polar surface area (TPSA) is 100 Å². The first-order valence-corrected chi connectivity index (χ1v) is 11.6. The van der Waals surface area contributed by atoms with Crippen LogP contribution in [0, 0.1) is 22.0 Å².